The lowest BCUT2D eigenvalue weighted by atomic mass is 10.1. The van der Waals surface area contributed by atoms with E-state index >= 15 is 0 Å². The molecule has 0 saturated carbocycles. The lowest BCUT2D eigenvalue weighted by molar-refractivity contribution is 0.0697. The van der Waals surface area contributed by atoms with Gasteiger partial charge in [-0.1, -0.05) is 6.07 Å². The molecule has 3 rings (SSSR count). The molecular weight excluding hydrogens is 240 g/mol. The van der Waals surface area contributed by atoms with Crippen molar-refractivity contribution in [2.75, 3.05) is 24.5 Å². The standard InChI is InChI=1S/C15H20N2O2/c1-11-9-16-7-3-6-14(16)10-17(11)13-5-2-4-12(8-13)15(18)19/h2,4-5,8,11,14H,3,6-7,9-10H2,1H3,(H,18,19). The van der Waals surface area contributed by atoms with Crippen LogP contribution in [-0.2, 0) is 0 Å². The van der Waals surface area contributed by atoms with Crippen molar-refractivity contribution in [2.45, 2.75) is 31.8 Å². The van der Waals surface area contributed by atoms with Crippen LogP contribution in [0.1, 0.15) is 30.1 Å². The first-order valence-corrected chi connectivity index (χ1v) is 6.99. The van der Waals surface area contributed by atoms with Crippen molar-refractivity contribution in [1.29, 1.82) is 0 Å². The SMILES string of the molecule is CC1CN2CCCC2CN1c1cccc(C(=O)O)c1. The van der Waals surface area contributed by atoms with E-state index in [9.17, 15) is 4.79 Å². The summed E-state index contributed by atoms with van der Waals surface area (Å²) in [4.78, 5) is 16.0. The zero-order valence-electron chi connectivity index (χ0n) is 11.2. The second kappa shape index (κ2) is 4.85. The number of carboxylic acids is 1. The topological polar surface area (TPSA) is 43.8 Å². The quantitative estimate of drug-likeness (QED) is 0.884. The summed E-state index contributed by atoms with van der Waals surface area (Å²) < 4.78 is 0. The Morgan fingerprint density at radius 1 is 1.37 bits per heavy atom. The summed E-state index contributed by atoms with van der Waals surface area (Å²) in [6.07, 6.45) is 2.56. The summed E-state index contributed by atoms with van der Waals surface area (Å²) in [5.41, 5.74) is 1.41. The predicted octanol–water partition coefficient (Wildman–Crippen LogP) is 2.06. The van der Waals surface area contributed by atoms with E-state index in [4.69, 9.17) is 5.11 Å². The minimum Gasteiger partial charge on any atom is -0.478 e. The number of aromatic carboxylic acids is 1. The van der Waals surface area contributed by atoms with Crippen LogP contribution in [0.4, 0.5) is 5.69 Å². The largest absolute Gasteiger partial charge is 0.478 e. The lowest BCUT2D eigenvalue weighted by Crippen LogP contribution is -2.55. The highest BCUT2D eigenvalue weighted by Gasteiger charge is 2.34. The monoisotopic (exact) mass is 260 g/mol. The van der Waals surface area contributed by atoms with E-state index in [-0.39, 0.29) is 0 Å². The van der Waals surface area contributed by atoms with Crippen molar-refractivity contribution in [2.24, 2.45) is 0 Å². The molecule has 4 heteroatoms. The summed E-state index contributed by atoms with van der Waals surface area (Å²) in [6.45, 7) is 5.55. The highest BCUT2D eigenvalue weighted by atomic mass is 16.4. The van der Waals surface area contributed by atoms with Crippen LogP contribution in [0.2, 0.25) is 0 Å². The maximum absolute atomic E-state index is 11.1. The van der Waals surface area contributed by atoms with Crippen LogP contribution in [0.3, 0.4) is 0 Å². The van der Waals surface area contributed by atoms with E-state index in [1.54, 1.807) is 12.1 Å². The molecule has 1 aromatic rings. The van der Waals surface area contributed by atoms with Crippen LogP contribution in [0.15, 0.2) is 24.3 Å². The molecule has 102 valence electrons. The number of benzene rings is 1. The van der Waals surface area contributed by atoms with Crippen LogP contribution in [0, 0.1) is 0 Å². The number of anilines is 1. The Hall–Kier alpha value is -1.55. The number of carboxylic acid groups (broad SMARTS) is 1. The number of rotatable bonds is 2. The van der Waals surface area contributed by atoms with Crippen molar-refractivity contribution < 1.29 is 9.90 Å². The van der Waals surface area contributed by atoms with Gasteiger partial charge < -0.3 is 10.0 Å². The van der Waals surface area contributed by atoms with E-state index in [1.165, 1.54) is 19.4 Å². The Bertz CT molecular complexity index is 489. The minimum atomic E-state index is -0.853. The molecule has 0 bridgehead atoms. The van der Waals surface area contributed by atoms with Crippen molar-refractivity contribution >= 4 is 11.7 Å². The third-order valence-electron chi connectivity index (χ3n) is 4.36. The molecule has 2 atom stereocenters. The fraction of sp³-hybridized carbons (Fsp3) is 0.533. The van der Waals surface area contributed by atoms with Gasteiger partial charge in [-0.15, -0.1) is 0 Å². The second-order valence-corrected chi connectivity index (χ2v) is 5.65. The molecule has 2 fully saturated rings. The van der Waals surface area contributed by atoms with E-state index < -0.39 is 5.97 Å². The zero-order valence-corrected chi connectivity index (χ0v) is 11.2. The van der Waals surface area contributed by atoms with Crippen molar-refractivity contribution in [1.82, 2.24) is 4.90 Å². The van der Waals surface area contributed by atoms with Gasteiger partial charge >= 0.3 is 5.97 Å². The fourth-order valence-electron chi connectivity index (χ4n) is 3.36. The maximum Gasteiger partial charge on any atom is 0.335 e. The Morgan fingerprint density at radius 3 is 3.00 bits per heavy atom. The summed E-state index contributed by atoms with van der Waals surface area (Å²) in [5.74, 6) is -0.853. The molecule has 19 heavy (non-hydrogen) atoms. The third-order valence-corrected chi connectivity index (χ3v) is 4.36. The van der Waals surface area contributed by atoms with Gasteiger partial charge in [0.25, 0.3) is 0 Å². The van der Waals surface area contributed by atoms with Crippen molar-refractivity contribution in [3.05, 3.63) is 29.8 Å². The number of hydrogen-bond acceptors (Lipinski definition) is 3. The van der Waals surface area contributed by atoms with Crippen molar-refractivity contribution in [3.8, 4) is 0 Å². The normalized spacial score (nSPS) is 27.3. The molecular formula is C15H20N2O2. The lowest BCUT2D eigenvalue weighted by Gasteiger charge is -2.43. The number of carbonyl (C=O) groups is 1. The summed E-state index contributed by atoms with van der Waals surface area (Å²) in [7, 11) is 0. The molecule has 0 aromatic heterocycles. The van der Waals surface area contributed by atoms with Crippen LogP contribution in [0.5, 0.6) is 0 Å². The highest BCUT2D eigenvalue weighted by Crippen LogP contribution is 2.29. The van der Waals surface area contributed by atoms with Gasteiger partial charge in [-0.05, 0) is 44.5 Å². The molecule has 4 nitrogen and oxygen atoms in total. The molecule has 2 aliphatic rings. The molecule has 0 amide bonds. The first kappa shape index (κ1) is 12.5. The van der Waals surface area contributed by atoms with Gasteiger partial charge in [0.2, 0.25) is 0 Å². The second-order valence-electron chi connectivity index (χ2n) is 5.65. The van der Waals surface area contributed by atoms with Gasteiger partial charge in [-0.2, -0.15) is 0 Å². The van der Waals surface area contributed by atoms with E-state index in [1.807, 2.05) is 12.1 Å². The molecule has 0 radical (unpaired) electrons. The van der Waals surface area contributed by atoms with Gasteiger partial charge in [-0.25, -0.2) is 4.79 Å². The Kier molecular flexibility index (Phi) is 3.19. The third kappa shape index (κ3) is 2.32. The number of fused-ring (bicyclic) bond motifs is 1. The van der Waals surface area contributed by atoms with Gasteiger partial charge in [0.15, 0.2) is 0 Å². The fourth-order valence-corrected chi connectivity index (χ4v) is 3.36. The summed E-state index contributed by atoms with van der Waals surface area (Å²) >= 11 is 0. The minimum absolute atomic E-state index is 0.374. The zero-order chi connectivity index (χ0) is 13.4. The Labute approximate surface area is 113 Å². The van der Waals surface area contributed by atoms with Gasteiger partial charge in [0.1, 0.15) is 0 Å². The highest BCUT2D eigenvalue weighted by molar-refractivity contribution is 5.88. The molecule has 2 unspecified atom stereocenters. The predicted molar refractivity (Wildman–Crippen MR) is 74.8 cm³/mol. The number of piperazine rings is 1. The molecule has 0 spiro atoms. The molecule has 1 aromatic carbocycles. The van der Waals surface area contributed by atoms with Crippen LogP contribution < -0.4 is 4.90 Å². The van der Waals surface area contributed by atoms with Gasteiger partial charge in [0, 0.05) is 30.9 Å². The van der Waals surface area contributed by atoms with E-state index in [0.29, 0.717) is 17.6 Å². The first-order chi connectivity index (χ1) is 9.15. The summed E-state index contributed by atoms with van der Waals surface area (Å²) in [5, 5.41) is 9.10. The van der Waals surface area contributed by atoms with E-state index in [0.717, 1.165) is 18.8 Å². The molecule has 1 N–H and O–H groups in total. The van der Waals surface area contributed by atoms with Gasteiger partial charge in [-0.3, -0.25) is 4.90 Å². The Balaban J connectivity index is 1.84. The number of nitrogens with zero attached hydrogens (tertiary/aromatic N) is 2. The van der Waals surface area contributed by atoms with Crippen LogP contribution in [-0.4, -0.2) is 47.7 Å². The Morgan fingerprint density at radius 2 is 2.21 bits per heavy atom. The molecule has 0 aliphatic carbocycles. The van der Waals surface area contributed by atoms with E-state index in [2.05, 4.69) is 16.7 Å². The average molecular weight is 260 g/mol. The first-order valence-electron chi connectivity index (χ1n) is 6.99. The maximum atomic E-state index is 11.1. The van der Waals surface area contributed by atoms with Crippen LogP contribution in [0.25, 0.3) is 0 Å². The van der Waals surface area contributed by atoms with Crippen molar-refractivity contribution in [3.63, 3.8) is 0 Å². The smallest absolute Gasteiger partial charge is 0.335 e. The van der Waals surface area contributed by atoms with Crippen LogP contribution >= 0.6 is 0 Å². The number of hydrogen-bond donors (Lipinski definition) is 1. The van der Waals surface area contributed by atoms with Gasteiger partial charge in [0.05, 0.1) is 5.56 Å². The molecule has 2 aliphatic heterocycles. The average Bonchev–Trinajstić information content (AvgIpc) is 2.85. The summed E-state index contributed by atoms with van der Waals surface area (Å²) in [6, 6.07) is 8.40. The molecule has 2 saturated heterocycles. The molecule has 2 heterocycles.